The molecule has 0 aromatic heterocycles. The van der Waals surface area contributed by atoms with Crippen molar-refractivity contribution < 1.29 is 4.79 Å². The van der Waals surface area contributed by atoms with Crippen molar-refractivity contribution in [1.29, 1.82) is 5.26 Å². The van der Waals surface area contributed by atoms with Crippen molar-refractivity contribution in [2.24, 2.45) is 0 Å². The molecular weight excluding hydrogens is 202 g/mol. The van der Waals surface area contributed by atoms with Gasteiger partial charge in [0.25, 0.3) is 0 Å². The Bertz CT molecular complexity index is 409. The summed E-state index contributed by atoms with van der Waals surface area (Å²) in [6.07, 6.45) is 0. The van der Waals surface area contributed by atoms with E-state index in [1.807, 2.05) is 12.1 Å². The van der Waals surface area contributed by atoms with Crippen molar-refractivity contribution in [1.82, 2.24) is 10.6 Å². The molecule has 0 aliphatic heterocycles. The van der Waals surface area contributed by atoms with Gasteiger partial charge in [0.15, 0.2) is 0 Å². The molecule has 1 atom stereocenters. The lowest BCUT2D eigenvalue weighted by Crippen LogP contribution is -2.39. The van der Waals surface area contributed by atoms with Crippen molar-refractivity contribution in [2.45, 2.75) is 19.5 Å². The predicted molar refractivity (Wildman–Crippen MR) is 61.5 cm³/mol. The van der Waals surface area contributed by atoms with Gasteiger partial charge in [0, 0.05) is 6.54 Å². The monoisotopic (exact) mass is 217 g/mol. The number of nitrogens with one attached hydrogen (secondary N) is 2. The molecule has 1 aromatic rings. The maximum atomic E-state index is 11.5. The molecular formula is C12H15N3O. The summed E-state index contributed by atoms with van der Waals surface area (Å²) in [5, 5.41) is 14.4. The topological polar surface area (TPSA) is 64.9 Å². The molecule has 84 valence electrons. The Morgan fingerprint density at radius 2 is 2.31 bits per heavy atom. The average molecular weight is 217 g/mol. The second-order valence-electron chi connectivity index (χ2n) is 3.54. The SMILES string of the molecule is CNC(C)C(=O)NCc1cccc(C#N)c1. The van der Waals surface area contributed by atoms with Crippen LogP contribution < -0.4 is 10.6 Å². The molecule has 2 N–H and O–H groups in total. The number of nitrogens with zero attached hydrogens (tertiary/aromatic N) is 1. The van der Waals surface area contributed by atoms with E-state index in [0.717, 1.165) is 5.56 Å². The molecule has 0 saturated carbocycles. The highest BCUT2D eigenvalue weighted by atomic mass is 16.2. The Balaban J connectivity index is 2.55. The summed E-state index contributed by atoms with van der Waals surface area (Å²) in [4.78, 5) is 11.5. The van der Waals surface area contributed by atoms with Crippen LogP contribution in [0.5, 0.6) is 0 Å². The van der Waals surface area contributed by atoms with Gasteiger partial charge in [-0.15, -0.1) is 0 Å². The first-order valence-corrected chi connectivity index (χ1v) is 5.11. The van der Waals surface area contributed by atoms with E-state index in [0.29, 0.717) is 12.1 Å². The summed E-state index contributed by atoms with van der Waals surface area (Å²) in [7, 11) is 1.74. The number of likely N-dealkylation sites (N-methyl/N-ethyl adjacent to an activating group) is 1. The lowest BCUT2D eigenvalue weighted by Gasteiger charge is -2.10. The van der Waals surface area contributed by atoms with Gasteiger partial charge in [-0.1, -0.05) is 12.1 Å². The van der Waals surface area contributed by atoms with Crippen LogP contribution in [0.25, 0.3) is 0 Å². The first-order chi connectivity index (χ1) is 7.67. The molecule has 4 nitrogen and oxygen atoms in total. The van der Waals surface area contributed by atoms with Gasteiger partial charge in [0.2, 0.25) is 5.91 Å². The normalized spacial score (nSPS) is 11.6. The number of nitriles is 1. The van der Waals surface area contributed by atoms with E-state index in [4.69, 9.17) is 5.26 Å². The maximum Gasteiger partial charge on any atom is 0.237 e. The summed E-state index contributed by atoms with van der Waals surface area (Å²) < 4.78 is 0. The lowest BCUT2D eigenvalue weighted by atomic mass is 10.1. The van der Waals surface area contributed by atoms with Crippen molar-refractivity contribution in [3.05, 3.63) is 35.4 Å². The Kier molecular flexibility index (Phi) is 4.49. The Morgan fingerprint density at radius 1 is 1.56 bits per heavy atom. The molecule has 0 aliphatic carbocycles. The molecule has 1 rings (SSSR count). The van der Waals surface area contributed by atoms with Gasteiger partial charge in [0.05, 0.1) is 17.7 Å². The molecule has 0 saturated heterocycles. The number of benzene rings is 1. The summed E-state index contributed by atoms with van der Waals surface area (Å²) in [6.45, 7) is 2.24. The number of amides is 1. The van der Waals surface area contributed by atoms with E-state index in [1.54, 1.807) is 26.1 Å². The average Bonchev–Trinajstić information content (AvgIpc) is 2.35. The van der Waals surface area contributed by atoms with Crippen LogP contribution in [0.4, 0.5) is 0 Å². The first kappa shape index (κ1) is 12.2. The van der Waals surface area contributed by atoms with Crippen LogP contribution in [-0.4, -0.2) is 19.0 Å². The van der Waals surface area contributed by atoms with Crippen molar-refractivity contribution in [3.8, 4) is 6.07 Å². The van der Waals surface area contributed by atoms with E-state index in [2.05, 4.69) is 16.7 Å². The molecule has 0 aliphatic rings. The second kappa shape index (κ2) is 5.89. The van der Waals surface area contributed by atoms with E-state index in [1.165, 1.54) is 0 Å². The van der Waals surface area contributed by atoms with Gasteiger partial charge >= 0.3 is 0 Å². The zero-order chi connectivity index (χ0) is 12.0. The van der Waals surface area contributed by atoms with Crippen molar-refractivity contribution >= 4 is 5.91 Å². The minimum absolute atomic E-state index is 0.0511. The van der Waals surface area contributed by atoms with Crippen LogP contribution in [0, 0.1) is 11.3 Å². The molecule has 0 spiro atoms. The number of hydrogen-bond acceptors (Lipinski definition) is 3. The van der Waals surface area contributed by atoms with Crippen LogP contribution in [0.15, 0.2) is 24.3 Å². The Morgan fingerprint density at radius 3 is 2.94 bits per heavy atom. The highest BCUT2D eigenvalue weighted by Gasteiger charge is 2.08. The highest BCUT2D eigenvalue weighted by molar-refractivity contribution is 5.81. The summed E-state index contributed by atoms with van der Waals surface area (Å²) in [5.41, 5.74) is 1.53. The molecule has 0 heterocycles. The summed E-state index contributed by atoms with van der Waals surface area (Å²) >= 11 is 0. The smallest absolute Gasteiger partial charge is 0.237 e. The number of rotatable bonds is 4. The quantitative estimate of drug-likeness (QED) is 0.783. The third kappa shape index (κ3) is 3.37. The van der Waals surface area contributed by atoms with Crippen LogP contribution in [-0.2, 0) is 11.3 Å². The fraction of sp³-hybridized carbons (Fsp3) is 0.333. The lowest BCUT2D eigenvalue weighted by molar-refractivity contribution is -0.122. The van der Waals surface area contributed by atoms with Gasteiger partial charge in [-0.25, -0.2) is 0 Å². The standard InChI is InChI=1S/C12H15N3O/c1-9(14-2)12(16)15-8-11-5-3-4-10(6-11)7-13/h3-6,9,14H,8H2,1-2H3,(H,15,16). The van der Waals surface area contributed by atoms with Gasteiger partial charge in [-0.3, -0.25) is 4.79 Å². The van der Waals surface area contributed by atoms with E-state index < -0.39 is 0 Å². The number of hydrogen-bond donors (Lipinski definition) is 2. The molecule has 0 radical (unpaired) electrons. The fourth-order valence-electron chi connectivity index (χ4n) is 1.22. The predicted octanol–water partition coefficient (Wildman–Crippen LogP) is 0.782. The van der Waals surface area contributed by atoms with Crippen LogP contribution in [0.3, 0.4) is 0 Å². The highest BCUT2D eigenvalue weighted by Crippen LogP contribution is 2.03. The molecule has 1 aromatic carbocycles. The number of carbonyl (C=O) groups excluding carboxylic acids is 1. The molecule has 1 unspecified atom stereocenters. The minimum Gasteiger partial charge on any atom is -0.351 e. The van der Waals surface area contributed by atoms with E-state index in [-0.39, 0.29) is 11.9 Å². The summed E-state index contributed by atoms with van der Waals surface area (Å²) in [6, 6.07) is 9.05. The van der Waals surface area contributed by atoms with Crippen molar-refractivity contribution in [2.75, 3.05) is 7.05 Å². The molecule has 4 heteroatoms. The van der Waals surface area contributed by atoms with Crippen molar-refractivity contribution in [3.63, 3.8) is 0 Å². The first-order valence-electron chi connectivity index (χ1n) is 5.11. The molecule has 1 amide bonds. The molecule has 0 bridgehead atoms. The van der Waals surface area contributed by atoms with Crippen LogP contribution in [0.1, 0.15) is 18.1 Å². The maximum absolute atomic E-state index is 11.5. The zero-order valence-corrected chi connectivity index (χ0v) is 9.45. The van der Waals surface area contributed by atoms with Gasteiger partial charge in [0.1, 0.15) is 0 Å². The molecule has 16 heavy (non-hydrogen) atoms. The zero-order valence-electron chi connectivity index (χ0n) is 9.45. The number of carbonyl (C=O) groups is 1. The van der Waals surface area contributed by atoms with Crippen LogP contribution >= 0.6 is 0 Å². The minimum atomic E-state index is -0.209. The fourth-order valence-corrected chi connectivity index (χ4v) is 1.22. The van der Waals surface area contributed by atoms with Gasteiger partial charge in [-0.2, -0.15) is 5.26 Å². The third-order valence-corrected chi connectivity index (χ3v) is 2.35. The van der Waals surface area contributed by atoms with Crippen LogP contribution in [0.2, 0.25) is 0 Å². The Hall–Kier alpha value is -1.86. The Labute approximate surface area is 95.3 Å². The summed E-state index contributed by atoms with van der Waals surface area (Å²) in [5.74, 6) is -0.0511. The van der Waals surface area contributed by atoms with E-state index in [9.17, 15) is 4.79 Å². The molecule has 0 fully saturated rings. The van der Waals surface area contributed by atoms with E-state index >= 15 is 0 Å². The van der Waals surface area contributed by atoms with Gasteiger partial charge in [-0.05, 0) is 31.7 Å². The second-order valence-corrected chi connectivity index (χ2v) is 3.54. The largest absolute Gasteiger partial charge is 0.351 e. The van der Waals surface area contributed by atoms with Gasteiger partial charge < -0.3 is 10.6 Å². The third-order valence-electron chi connectivity index (χ3n) is 2.35.